The van der Waals surface area contributed by atoms with Crippen LogP contribution in [-0.4, -0.2) is 11.8 Å². The molecule has 3 nitrogen and oxygen atoms in total. The van der Waals surface area contributed by atoms with Gasteiger partial charge in [-0.1, -0.05) is 41.9 Å². The lowest BCUT2D eigenvalue weighted by molar-refractivity contribution is 0.0977. The normalized spacial score (nSPS) is 10.8. The van der Waals surface area contributed by atoms with Crippen LogP contribution in [-0.2, 0) is 17.8 Å². The molecule has 0 N–H and O–H groups in total. The second-order valence-corrected chi connectivity index (χ2v) is 4.78. The number of benzene rings is 1. The van der Waals surface area contributed by atoms with Crippen LogP contribution < -0.4 is 0 Å². The van der Waals surface area contributed by atoms with Gasteiger partial charge in [0.2, 0.25) is 0 Å². The summed E-state index contributed by atoms with van der Waals surface area (Å²) in [5.41, 5.74) is 2.32. The zero-order valence-electron chi connectivity index (χ0n) is 11.5. The maximum atomic E-state index is 5.55. The third kappa shape index (κ3) is 5.26. The molecule has 2 aromatic rings. The Labute approximate surface area is 114 Å². The Kier molecular flexibility index (Phi) is 5.63. The molecule has 102 valence electrons. The van der Waals surface area contributed by atoms with Gasteiger partial charge >= 0.3 is 0 Å². The van der Waals surface area contributed by atoms with Gasteiger partial charge in [-0.3, -0.25) is 0 Å². The van der Waals surface area contributed by atoms with E-state index in [1.807, 2.05) is 13.0 Å². The molecule has 2 rings (SSSR count). The maximum absolute atomic E-state index is 5.55. The van der Waals surface area contributed by atoms with Gasteiger partial charge < -0.3 is 9.26 Å². The molecule has 0 bridgehead atoms. The Bertz CT molecular complexity index is 465. The van der Waals surface area contributed by atoms with E-state index in [1.165, 1.54) is 18.4 Å². The molecule has 0 unspecified atom stereocenters. The molecule has 19 heavy (non-hydrogen) atoms. The van der Waals surface area contributed by atoms with Crippen molar-refractivity contribution in [2.45, 2.75) is 39.2 Å². The molecule has 1 heterocycles. The van der Waals surface area contributed by atoms with Crippen LogP contribution in [0.2, 0.25) is 0 Å². The number of hydrogen-bond acceptors (Lipinski definition) is 3. The molecule has 0 radical (unpaired) electrons. The number of rotatable bonds is 8. The van der Waals surface area contributed by atoms with Gasteiger partial charge in [-0.15, -0.1) is 0 Å². The van der Waals surface area contributed by atoms with Crippen molar-refractivity contribution in [3.05, 3.63) is 53.4 Å². The van der Waals surface area contributed by atoms with Gasteiger partial charge in [0.1, 0.15) is 6.61 Å². The minimum absolute atomic E-state index is 0.527. The van der Waals surface area contributed by atoms with Crippen LogP contribution in [0.5, 0.6) is 0 Å². The molecule has 0 aliphatic carbocycles. The molecule has 3 heteroatoms. The van der Waals surface area contributed by atoms with Crippen LogP contribution in [0.25, 0.3) is 0 Å². The minimum atomic E-state index is 0.527. The molecular formula is C16H21NO2. The summed E-state index contributed by atoms with van der Waals surface area (Å²) in [6.45, 7) is 3.23. The summed E-state index contributed by atoms with van der Waals surface area (Å²) in [6, 6.07) is 12.5. The topological polar surface area (TPSA) is 35.3 Å². The number of hydrogen-bond donors (Lipinski definition) is 0. The van der Waals surface area contributed by atoms with Crippen LogP contribution in [0.3, 0.4) is 0 Å². The van der Waals surface area contributed by atoms with Gasteiger partial charge in [0, 0.05) is 12.7 Å². The monoisotopic (exact) mass is 259 g/mol. The van der Waals surface area contributed by atoms with Gasteiger partial charge in [0.05, 0.1) is 5.69 Å². The predicted octanol–water partition coefficient (Wildman–Crippen LogP) is 3.91. The summed E-state index contributed by atoms with van der Waals surface area (Å²) >= 11 is 0. The Morgan fingerprint density at radius 2 is 1.95 bits per heavy atom. The first-order valence-corrected chi connectivity index (χ1v) is 6.88. The highest BCUT2D eigenvalue weighted by Crippen LogP contribution is 2.07. The first-order chi connectivity index (χ1) is 9.34. The van der Waals surface area contributed by atoms with Crippen molar-refractivity contribution in [3.63, 3.8) is 0 Å². The molecule has 0 amide bonds. The molecule has 1 aromatic heterocycles. The average Bonchev–Trinajstić information content (AvgIpc) is 2.85. The van der Waals surface area contributed by atoms with Crippen molar-refractivity contribution in [3.8, 4) is 0 Å². The second kappa shape index (κ2) is 7.74. The van der Waals surface area contributed by atoms with Crippen molar-refractivity contribution in [2.75, 3.05) is 6.61 Å². The van der Waals surface area contributed by atoms with Crippen LogP contribution in [0, 0.1) is 6.92 Å². The van der Waals surface area contributed by atoms with E-state index in [2.05, 4.69) is 35.5 Å². The van der Waals surface area contributed by atoms with Crippen LogP contribution in [0.4, 0.5) is 0 Å². The molecule has 0 spiro atoms. The number of ether oxygens (including phenoxy) is 1. The van der Waals surface area contributed by atoms with E-state index in [0.717, 1.165) is 30.9 Å². The van der Waals surface area contributed by atoms with E-state index in [9.17, 15) is 0 Å². The lowest BCUT2D eigenvalue weighted by atomic mass is 10.1. The highest BCUT2D eigenvalue weighted by Gasteiger charge is 2.00. The summed E-state index contributed by atoms with van der Waals surface area (Å²) in [5.74, 6) is 0.807. The number of aryl methyl sites for hydroxylation is 2. The average molecular weight is 259 g/mol. The number of nitrogens with zero attached hydrogens (tertiary/aromatic N) is 1. The van der Waals surface area contributed by atoms with Gasteiger partial charge in [0.25, 0.3) is 0 Å². The minimum Gasteiger partial charge on any atom is -0.373 e. The Hall–Kier alpha value is -1.61. The Morgan fingerprint density at radius 3 is 2.68 bits per heavy atom. The summed E-state index contributed by atoms with van der Waals surface area (Å²) in [5, 5.41) is 3.82. The highest BCUT2D eigenvalue weighted by molar-refractivity contribution is 5.14. The number of aromatic nitrogens is 1. The van der Waals surface area contributed by atoms with E-state index in [1.54, 1.807) is 0 Å². The zero-order valence-corrected chi connectivity index (χ0v) is 11.5. The Morgan fingerprint density at radius 1 is 1.11 bits per heavy atom. The summed E-state index contributed by atoms with van der Waals surface area (Å²) in [6.07, 6.45) is 4.67. The first kappa shape index (κ1) is 13.8. The molecule has 1 aromatic carbocycles. The lowest BCUT2D eigenvalue weighted by Gasteiger charge is -2.03. The highest BCUT2D eigenvalue weighted by atomic mass is 16.5. The van der Waals surface area contributed by atoms with Gasteiger partial charge in [0.15, 0.2) is 5.76 Å². The fourth-order valence-corrected chi connectivity index (χ4v) is 2.01. The van der Waals surface area contributed by atoms with Gasteiger partial charge in [-0.05, 0) is 31.7 Å². The second-order valence-electron chi connectivity index (χ2n) is 4.78. The van der Waals surface area contributed by atoms with E-state index < -0.39 is 0 Å². The van der Waals surface area contributed by atoms with E-state index in [0.29, 0.717) is 6.61 Å². The standard InChI is InChI=1S/C16H21NO2/c1-14-12-16(19-17-14)13-18-11-7-3-6-10-15-8-4-2-5-9-15/h2,4-5,8-9,12H,3,6-7,10-11,13H2,1H3. The zero-order chi connectivity index (χ0) is 13.3. The van der Waals surface area contributed by atoms with Crippen LogP contribution >= 0.6 is 0 Å². The van der Waals surface area contributed by atoms with Crippen LogP contribution in [0.15, 0.2) is 40.9 Å². The SMILES string of the molecule is Cc1cc(COCCCCCc2ccccc2)on1. The molecule has 0 saturated heterocycles. The van der Waals surface area contributed by atoms with E-state index in [4.69, 9.17) is 9.26 Å². The molecule has 0 fully saturated rings. The van der Waals surface area contributed by atoms with E-state index in [-0.39, 0.29) is 0 Å². The van der Waals surface area contributed by atoms with Crippen molar-refractivity contribution < 1.29 is 9.26 Å². The number of unbranched alkanes of at least 4 members (excludes halogenated alkanes) is 2. The van der Waals surface area contributed by atoms with Gasteiger partial charge in [-0.25, -0.2) is 0 Å². The molecule has 0 aliphatic rings. The molecular weight excluding hydrogens is 238 g/mol. The summed E-state index contributed by atoms with van der Waals surface area (Å²) in [4.78, 5) is 0. The third-order valence-corrected chi connectivity index (χ3v) is 3.02. The predicted molar refractivity (Wildman–Crippen MR) is 74.9 cm³/mol. The lowest BCUT2D eigenvalue weighted by Crippen LogP contribution is -1.95. The summed E-state index contributed by atoms with van der Waals surface area (Å²) in [7, 11) is 0. The van der Waals surface area contributed by atoms with Crippen molar-refractivity contribution in [1.82, 2.24) is 5.16 Å². The maximum Gasteiger partial charge on any atom is 0.162 e. The fourth-order valence-electron chi connectivity index (χ4n) is 2.01. The fraction of sp³-hybridized carbons (Fsp3) is 0.438. The molecule has 0 saturated carbocycles. The quantitative estimate of drug-likeness (QED) is 0.674. The molecule has 0 aliphatic heterocycles. The van der Waals surface area contributed by atoms with E-state index >= 15 is 0 Å². The largest absolute Gasteiger partial charge is 0.373 e. The smallest absolute Gasteiger partial charge is 0.162 e. The Balaban J connectivity index is 1.48. The van der Waals surface area contributed by atoms with Crippen LogP contribution in [0.1, 0.15) is 36.3 Å². The first-order valence-electron chi connectivity index (χ1n) is 6.88. The molecule has 0 atom stereocenters. The third-order valence-electron chi connectivity index (χ3n) is 3.02. The summed E-state index contributed by atoms with van der Waals surface area (Å²) < 4.78 is 10.6. The van der Waals surface area contributed by atoms with Gasteiger partial charge in [-0.2, -0.15) is 0 Å². The van der Waals surface area contributed by atoms with Crippen molar-refractivity contribution in [2.24, 2.45) is 0 Å². The van der Waals surface area contributed by atoms with Crippen molar-refractivity contribution >= 4 is 0 Å². The van der Waals surface area contributed by atoms with Crippen molar-refractivity contribution in [1.29, 1.82) is 0 Å².